The van der Waals surface area contributed by atoms with Crippen molar-refractivity contribution in [1.29, 1.82) is 0 Å². The Balaban J connectivity index is 1.86. The summed E-state index contributed by atoms with van der Waals surface area (Å²) >= 11 is 0. The minimum absolute atomic E-state index is 0.0991. The summed E-state index contributed by atoms with van der Waals surface area (Å²) in [5.41, 5.74) is 7.96. The van der Waals surface area contributed by atoms with E-state index in [1.54, 1.807) is 11.8 Å². The molecule has 118 valence electrons. The monoisotopic (exact) mass is 313 g/mol. The number of aromatic nitrogens is 2. The highest BCUT2D eigenvalue weighted by Crippen LogP contribution is 2.39. The molecule has 2 aliphatic rings. The Morgan fingerprint density at radius 3 is 2.67 bits per heavy atom. The number of hydrogen-bond donors (Lipinski definition) is 1. The van der Waals surface area contributed by atoms with Gasteiger partial charge in [0.05, 0.1) is 28.8 Å². The number of rotatable bonds is 4. The second-order valence-electron chi connectivity index (χ2n) is 6.38. The van der Waals surface area contributed by atoms with Gasteiger partial charge in [0, 0.05) is 19.1 Å². The molecule has 1 unspecified atom stereocenters. The maximum absolute atomic E-state index is 11.6. The first-order chi connectivity index (χ1) is 9.86. The smallest absolute Gasteiger partial charge is 0.152 e. The first kappa shape index (κ1) is 14.8. The highest BCUT2D eigenvalue weighted by atomic mass is 32.2. The van der Waals surface area contributed by atoms with E-state index < -0.39 is 9.84 Å². The molecule has 1 atom stereocenters. The average Bonchev–Trinajstić information content (AvgIpc) is 2.88. The van der Waals surface area contributed by atoms with Crippen LogP contribution >= 0.6 is 0 Å². The Kier molecular flexibility index (Phi) is 3.52. The molecule has 1 saturated carbocycles. The van der Waals surface area contributed by atoms with Crippen LogP contribution < -0.4 is 5.73 Å². The predicted molar refractivity (Wildman–Crippen MR) is 81.0 cm³/mol. The Morgan fingerprint density at radius 1 is 1.48 bits per heavy atom. The number of anilines is 1. The number of hydrogen-bond acceptors (Lipinski definition) is 5. The van der Waals surface area contributed by atoms with Crippen molar-refractivity contribution < 1.29 is 13.2 Å². The molecular formula is C14H23N3O3S. The minimum Gasteiger partial charge on any atom is -0.384 e. The van der Waals surface area contributed by atoms with Crippen molar-refractivity contribution in [3.63, 3.8) is 0 Å². The lowest BCUT2D eigenvalue weighted by atomic mass is 9.76. The topological polar surface area (TPSA) is 87.2 Å². The van der Waals surface area contributed by atoms with Crippen LogP contribution in [0.5, 0.6) is 0 Å². The van der Waals surface area contributed by atoms with Gasteiger partial charge >= 0.3 is 0 Å². The lowest BCUT2D eigenvalue weighted by molar-refractivity contribution is -0.0716. The molecule has 1 aliphatic heterocycles. The summed E-state index contributed by atoms with van der Waals surface area (Å²) in [7, 11) is -1.19. The van der Waals surface area contributed by atoms with Gasteiger partial charge in [0.2, 0.25) is 0 Å². The van der Waals surface area contributed by atoms with Crippen LogP contribution in [0.4, 0.5) is 5.82 Å². The quantitative estimate of drug-likeness (QED) is 0.904. The first-order valence-corrected chi connectivity index (χ1v) is 9.27. The normalized spacial score (nSPS) is 26.7. The molecule has 2 heterocycles. The summed E-state index contributed by atoms with van der Waals surface area (Å²) in [6.45, 7) is 1.96. The second kappa shape index (κ2) is 4.98. The highest BCUT2D eigenvalue weighted by molar-refractivity contribution is 7.91. The molecule has 1 aromatic heterocycles. The lowest BCUT2D eigenvalue weighted by Gasteiger charge is -2.40. The summed E-state index contributed by atoms with van der Waals surface area (Å²) in [5, 5.41) is 4.62. The summed E-state index contributed by atoms with van der Waals surface area (Å²) in [6.07, 6.45) is 4.64. The fourth-order valence-corrected chi connectivity index (χ4v) is 5.01. The van der Waals surface area contributed by atoms with Crippen LogP contribution in [0.15, 0.2) is 0 Å². The van der Waals surface area contributed by atoms with E-state index in [9.17, 15) is 8.42 Å². The van der Waals surface area contributed by atoms with Gasteiger partial charge in [-0.05, 0) is 32.6 Å². The van der Waals surface area contributed by atoms with Crippen molar-refractivity contribution in [2.75, 3.05) is 24.3 Å². The Bertz CT molecular complexity index is 641. The Morgan fingerprint density at radius 2 is 2.19 bits per heavy atom. The van der Waals surface area contributed by atoms with Crippen molar-refractivity contribution in [2.24, 2.45) is 0 Å². The van der Waals surface area contributed by atoms with Crippen LogP contribution in [0.3, 0.4) is 0 Å². The average molecular weight is 313 g/mol. The van der Waals surface area contributed by atoms with Gasteiger partial charge in [-0.2, -0.15) is 5.10 Å². The molecule has 1 saturated heterocycles. The van der Waals surface area contributed by atoms with Crippen LogP contribution in [0.25, 0.3) is 0 Å². The molecule has 1 aliphatic carbocycles. The second-order valence-corrected chi connectivity index (χ2v) is 8.60. The third-order valence-electron chi connectivity index (χ3n) is 5.03. The van der Waals surface area contributed by atoms with E-state index in [1.807, 2.05) is 6.92 Å². The molecule has 1 aromatic rings. The maximum Gasteiger partial charge on any atom is 0.152 e. The summed E-state index contributed by atoms with van der Waals surface area (Å²) in [6, 6.07) is -0.123. The minimum atomic E-state index is -2.94. The molecule has 3 rings (SSSR count). The van der Waals surface area contributed by atoms with Crippen LogP contribution in [-0.4, -0.2) is 42.4 Å². The number of ether oxygens (including phenoxy) is 1. The molecule has 0 amide bonds. The zero-order valence-corrected chi connectivity index (χ0v) is 13.4. The van der Waals surface area contributed by atoms with Crippen LogP contribution in [0.2, 0.25) is 0 Å². The van der Waals surface area contributed by atoms with E-state index in [2.05, 4.69) is 5.10 Å². The van der Waals surface area contributed by atoms with Gasteiger partial charge in [-0.15, -0.1) is 0 Å². The number of sulfone groups is 1. The van der Waals surface area contributed by atoms with E-state index in [0.29, 0.717) is 12.2 Å². The van der Waals surface area contributed by atoms with Crippen molar-refractivity contribution in [1.82, 2.24) is 9.78 Å². The van der Waals surface area contributed by atoms with Gasteiger partial charge in [-0.3, -0.25) is 0 Å². The summed E-state index contributed by atoms with van der Waals surface area (Å²) < 4.78 is 30.7. The Labute approximate surface area is 125 Å². The largest absolute Gasteiger partial charge is 0.384 e. The molecule has 6 nitrogen and oxygen atoms in total. The molecule has 0 bridgehead atoms. The molecule has 21 heavy (non-hydrogen) atoms. The van der Waals surface area contributed by atoms with Crippen molar-refractivity contribution in [3.05, 3.63) is 11.3 Å². The van der Waals surface area contributed by atoms with Gasteiger partial charge in [-0.1, -0.05) is 0 Å². The van der Waals surface area contributed by atoms with Gasteiger partial charge in [0.1, 0.15) is 5.82 Å². The lowest BCUT2D eigenvalue weighted by Crippen LogP contribution is -2.41. The van der Waals surface area contributed by atoms with E-state index in [-0.39, 0.29) is 23.1 Å². The van der Waals surface area contributed by atoms with Crippen LogP contribution in [0, 0.1) is 6.92 Å². The predicted octanol–water partition coefficient (Wildman–Crippen LogP) is 1.24. The molecule has 0 radical (unpaired) electrons. The van der Waals surface area contributed by atoms with Gasteiger partial charge in [0.15, 0.2) is 9.84 Å². The van der Waals surface area contributed by atoms with Gasteiger partial charge < -0.3 is 10.5 Å². The number of nitrogens with two attached hydrogens (primary N) is 1. The van der Waals surface area contributed by atoms with E-state index >= 15 is 0 Å². The third kappa shape index (κ3) is 2.57. The van der Waals surface area contributed by atoms with Gasteiger partial charge in [-0.25, -0.2) is 13.1 Å². The van der Waals surface area contributed by atoms with E-state index in [4.69, 9.17) is 10.5 Å². The number of methoxy groups -OCH3 is 1. The highest BCUT2D eigenvalue weighted by Gasteiger charge is 2.39. The fraction of sp³-hybridized carbons (Fsp3) is 0.786. The molecular weight excluding hydrogens is 290 g/mol. The van der Waals surface area contributed by atoms with Gasteiger partial charge in [0.25, 0.3) is 0 Å². The SMILES string of the molecule is COC1(Cc2nn(C3CCS(=O)(=O)C3)c(N)c2C)CCC1. The first-order valence-electron chi connectivity index (χ1n) is 7.45. The zero-order chi connectivity index (χ0) is 15.3. The summed E-state index contributed by atoms with van der Waals surface area (Å²) in [5.74, 6) is 0.971. The molecule has 7 heteroatoms. The van der Waals surface area contributed by atoms with Crippen molar-refractivity contribution in [3.8, 4) is 0 Å². The van der Waals surface area contributed by atoms with Crippen molar-refractivity contribution >= 4 is 15.7 Å². The standard InChI is InChI=1S/C14H23N3O3S/c1-10-12(8-14(20-2)5-3-6-14)16-17(13(10)15)11-4-7-21(18,19)9-11/h11H,3-9,15H2,1-2H3. The zero-order valence-electron chi connectivity index (χ0n) is 12.6. The van der Waals surface area contributed by atoms with E-state index in [0.717, 1.165) is 30.5 Å². The molecule has 0 aromatic carbocycles. The number of nitrogens with zero attached hydrogens (tertiary/aromatic N) is 2. The van der Waals surface area contributed by atoms with Crippen LogP contribution in [0.1, 0.15) is 43.0 Å². The third-order valence-corrected chi connectivity index (χ3v) is 6.78. The molecule has 2 N–H and O–H groups in total. The van der Waals surface area contributed by atoms with E-state index in [1.165, 1.54) is 6.42 Å². The summed E-state index contributed by atoms with van der Waals surface area (Å²) in [4.78, 5) is 0. The maximum atomic E-state index is 11.6. The van der Waals surface area contributed by atoms with Crippen LogP contribution in [-0.2, 0) is 21.0 Å². The fourth-order valence-electron chi connectivity index (χ4n) is 3.32. The number of nitrogen functional groups attached to an aromatic ring is 1. The van der Waals surface area contributed by atoms with Crippen molar-refractivity contribution in [2.45, 2.75) is 50.7 Å². The Hall–Kier alpha value is -1.08. The molecule has 2 fully saturated rings. The molecule has 0 spiro atoms.